The third-order valence-electron chi connectivity index (χ3n) is 1.01. The van der Waals surface area contributed by atoms with Crippen LogP contribution in [0, 0.1) is 34.0 Å². The van der Waals surface area contributed by atoms with Crippen molar-refractivity contribution < 1.29 is 0 Å². The highest BCUT2D eigenvalue weighted by molar-refractivity contribution is 5.44. The van der Waals surface area contributed by atoms with Crippen LogP contribution in [-0.2, 0) is 0 Å². The summed E-state index contributed by atoms with van der Waals surface area (Å²) in [4.78, 5) is 1.43. The van der Waals surface area contributed by atoms with Crippen LogP contribution in [0.1, 0.15) is 0 Å². The van der Waals surface area contributed by atoms with Gasteiger partial charge in [0, 0.05) is 14.1 Å². The van der Waals surface area contributed by atoms with E-state index in [1.165, 1.54) is 4.90 Å². The predicted molar refractivity (Wildman–Crippen MR) is 37.6 cm³/mol. The van der Waals surface area contributed by atoms with E-state index in [-0.39, 0.29) is 11.3 Å². The lowest BCUT2D eigenvalue weighted by Gasteiger charge is -2.08. The van der Waals surface area contributed by atoms with Gasteiger partial charge in [0.05, 0.1) is 0 Å². The summed E-state index contributed by atoms with van der Waals surface area (Å²) in [7, 11) is 3.21. The average molecular weight is 146 g/mol. The zero-order valence-electron chi connectivity index (χ0n) is 6.29. The summed E-state index contributed by atoms with van der Waals surface area (Å²) >= 11 is 0. The highest BCUT2D eigenvalue weighted by Gasteiger charge is 2.06. The number of nitrogens with zero attached hydrogens (tertiary/aromatic N) is 4. The molecule has 0 heterocycles. The van der Waals surface area contributed by atoms with Crippen molar-refractivity contribution in [3.8, 4) is 18.2 Å². The Morgan fingerprint density at radius 2 is 1.45 bits per heavy atom. The maximum Gasteiger partial charge on any atom is 0.163 e. The van der Waals surface area contributed by atoms with Crippen LogP contribution in [0.15, 0.2) is 11.3 Å². The Morgan fingerprint density at radius 3 is 1.55 bits per heavy atom. The summed E-state index contributed by atoms with van der Waals surface area (Å²) < 4.78 is 0. The summed E-state index contributed by atoms with van der Waals surface area (Å²) in [6.07, 6.45) is 0. The molecule has 0 saturated heterocycles. The van der Waals surface area contributed by atoms with Crippen LogP contribution in [0.5, 0.6) is 0 Å². The molecule has 0 unspecified atom stereocenters. The first-order valence-electron chi connectivity index (χ1n) is 2.79. The molecule has 0 aromatic carbocycles. The summed E-state index contributed by atoms with van der Waals surface area (Å²) in [5.41, 5.74) is -0.0625. The number of allylic oxidation sites excluding steroid dienone is 2. The Hall–Kier alpha value is -1.99. The second-order valence-corrected chi connectivity index (χ2v) is 1.95. The molecular formula is C7H6N4. The minimum Gasteiger partial charge on any atom is -0.367 e. The molecule has 0 aromatic rings. The van der Waals surface area contributed by atoms with Crippen molar-refractivity contribution >= 4 is 0 Å². The van der Waals surface area contributed by atoms with Crippen LogP contribution < -0.4 is 0 Å². The van der Waals surface area contributed by atoms with E-state index >= 15 is 0 Å². The molecule has 4 nitrogen and oxygen atoms in total. The van der Waals surface area contributed by atoms with E-state index in [9.17, 15) is 0 Å². The van der Waals surface area contributed by atoms with Gasteiger partial charge in [0.1, 0.15) is 23.9 Å². The SMILES string of the molecule is CN(C)C(C#N)=C(C#N)C#N. The standard InChI is InChI=1S/C7H6N4/c1-11(2)7(5-10)6(3-8)4-9/h1-2H3. The summed E-state index contributed by atoms with van der Waals surface area (Å²) in [5, 5.41) is 25.2. The quantitative estimate of drug-likeness (QED) is 0.501. The normalized spacial score (nSPS) is 6.82. The molecule has 0 spiro atoms. The molecule has 0 aliphatic heterocycles. The smallest absolute Gasteiger partial charge is 0.163 e. The minimum atomic E-state index is -0.155. The lowest BCUT2D eigenvalue weighted by molar-refractivity contribution is 0.531. The van der Waals surface area contributed by atoms with Gasteiger partial charge in [-0.05, 0) is 0 Å². The molecule has 0 fully saturated rings. The fraction of sp³-hybridized carbons (Fsp3) is 0.286. The Balaban J connectivity index is 5.08. The van der Waals surface area contributed by atoms with Crippen molar-refractivity contribution in [1.82, 2.24) is 4.90 Å². The Morgan fingerprint density at radius 1 is 1.00 bits per heavy atom. The van der Waals surface area contributed by atoms with Gasteiger partial charge >= 0.3 is 0 Å². The van der Waals surface area contributed by atoms with Crippen LogP contribution in [-0.4, -0.2) is 19.0 Å². The van der Waals surface area contributed by atoms with Crippen LogP contribution in [0.25, 0.3) is 0 Å². The molecule has 0 N–H and O–H groups in total. The van der Waals surface area contributed by atoms with E-state index in [0.717, 1.165) is 0 Å². The lowest BCUT2D eigenvalue weighted by Crippen LogP contribution is -2.11. The predicted octanol–water partition coefficient (Wildman–Crippen LogP) is 0.373. The molecule has 4 heteroatoms. The number of nitriles is 3. The van der Waals surface area contributed by atoms with Gasteiger partial charge in [-0.2, -0.15) is 15.8 Å². The van der Waals surface area contributed by atoms with E-state index in [2.05, 4.69) is 0 Å². The van der Waals surface area contributed by atoms with Crippen LogP contribution in [0.2, 0.25) is 0 Å². The molecule has 0 aromatic heterocycles. The number of rotatable bonds is 1. The summed E-state index contributed by atoms with van der Waals surface area (Å²) in [5.74, 6) is 0. The Kier molecular flexibility index (Phi) is 3.22. The molecule has 0 radical (unpaired) electrons. The van der Waals surface area contributed by atoms with Crippen molar-refractivity contribution in [3.63, 3.8) is 0 Å². The topological polar surface area (TPSA) is 74.6 Å². The lowest BCUT2D eigenvalue weighted by atomic mass is 10.2. The zero-order chi connectivity index (χ0) is 8.85. The van der Waals surface area contributed by atoms with Gasteiger partial charge < -0.3 is 4.90 Å². The van der Waals surface area contributed by atoms with Crippen molar-refractivity contribution in [1.29, 1.82) is 15.8 Å². The van der Waals surface area contributed by atoms with Crippen molar-refractivity contribution in [2.45, 2.75) is 0 Å². The zero-order valence-corrected chi connectivity index (χ0v) is 6.29. The van der Waals surface area contributed by atoms with Crippen molar-refractivity contribution in [2.24, 2.45) is 0 Å². The highest BCUT2D eigenvalue weighted by Crippen LogP contribution is 2.03. The first-order chi connectivity index (χ1) is 5.17. The monoisotopic (exact) mass is 146 g/mol. The number of hydrogen-bond donors (Lipinski definition) is 0. The minimum absolute atomic E-state index is 0.0926. The molecule has 0 aliphatic rings. The second kappa shape index (κ2) is 3.93. The van der Waals surface area contributed by atoms with Gasteiger partial charge in [-0.25, -0.2) is 0 Å². The first-order valence-corrected chi connectivity index (χ1v) is 2.79. The van der Waals surface area contributed by atoms with Crippen molar-refractivity contribution in [2.75, 3.05) is 14.1 Å². The third-order valence-corrected chi connectivity index (χ3v) is 1.01. The van der Waals surface area contributed by atoms with Crippen LogP contribution in [0.4, 0.5) is 0 Å². The molecule has 0 aliphatic carbocycles. The largest absolute Gasteiger partial charge is 0.367 e. The van der Waals surface area contributed by atoms with Crippen molar-refractivity contribution in [3.05, 3.63) is 11.3 Å². The molecule has 0 atom stereocenters. The third kappa shape index (κ3) is 2.01. The molecule has 11 heavy (non-hydrogen) atoms. The molecule has 0 amide bonds. The molecule has 54 valence electrons. The van der Waals surface area contributed by atoms with E-state index < -0.39 is 0 Å². The Labute approximate surface area is 65.2 Å². The average Bonchev–Trinajstić information content (AvgIpc) is 1.99. The van der Waals surface area contributed by atoms with Gasteiger partial charge in [-0.1, -0.05) is 0 Å². The molecule has 0 rings (SSSR count). The van der Waals surface area contributed by atoms with Gasteiger partial charge in [0.15, 0.2) is 5.57 Å². The fourth-order valence-corrected chi connectivity index (χ4v) is 0.510. The van der Waals surface area contributed by atoms with Gasteiger partial charge in [-0.15, -0.1) is 0 Å². The van der Waals surface area contributed by atoms with E-state index in [1.807, 2.05) is 0 Å². The van der Waals surface area contributed by atoms with Crippen LogP contribution in [0.3, 0.4) is 0 Å². The second-order valence-electron chi connectivity index (χ2n) is 1.95. The fourth-order valence-electron chi connectivity index (χ4n) is 0.510. The Bertz CT molecular complexity index is 276. The molecule has 0 saturated carbocycles. The van der Waals surface area contributed by atoms with Gasteiger partial charge in [0.25, 0.3) is 0 Å². The van der Waals surface area contributed by atoms with Crippen LogP contribution >= 0.6 is 0 Å². The van der Waals surface area contributed by atoms with E-state index in [1.54, 1.807) is 32.3 Å². The summed E-state index contributed by atoms with van der Waals surface area (Å²) in [6.45, 7) is 0. The maximum absolute atomic E-state index is 8.48. The van der Waals surface area contributed by atoms with Gasteiger partial charge in [-0.3, -0.25) is 0 Å². The first kappa shape index (κ1) is 9.01. The van der Waals surface area contributed by atoms with E-state index in [0.29, 0.717) is 0 Å². The highest BCUT2D eigenvalue weighted by atomic mass is 15.1. The summed E-state index contributed by atoms with van der Waals surface area (Å²) in [6, 6.07) is 5.04. The molecular weight excluding hydrogens is 140 g/mol. The number of hydrogen-bond acceptors (Lipinski definition) is 4. The molecule has 0 bridgehead atoms. The van der Waals surface area contributed by atoms with Gasteiger partial charge in [0.2, 0.25) is 0 Å². The maximum atomic E-state index is 8.48. The van der Waals surface area contributed by atoms with E-state index in [4.69, 9.17) is 15.8 Å².